The minimum absolute atomic E-state index is 0.140. The molecule has 0 atom stereocenters. The first-order valence-corrected chi connectivity index (χ1v) is 5.62. The predicted molar refractivity (Wildman–Crippen MR) is 70.1 cm³/mol. The number of nitrogens with zero attached hydrogens (tertiary/aromatic N) is 2. The number of aromatic carboxylic acids is 1. The number of aromatic nitrogens is 2. The zero-order valence-corrected chi connectivity index (χ0v) is 10.5. The van der Waals surface area contributed by atoms with Crippen molar-refractivity contribution in [2.45, 2.75) is 0 Å². The van der Waals surface area contributed by atoms with E-state index in [9.17, 15) is 9.59 Å². The third-order valence-electron chi connectivity index (χ3n) is 2.44. The summed E-state index contributed by atoms with van der Waals surface area (Å²) in [5.74, 6) is -1.21. The Hall–Kier alpha value is -2.96. The molecule has 0 amide bonds. The van der Waals surface area contributed by atoms with E-state index < -0.39 is 11.9 Å². The Balaban J connectivity index is 2.17. The van der Waals surface area contributed by atoms with E-state index in [-0.39, 0.29) is 5.69 Å². The Morgan fingerprint density at radius 2 is 2.00 bits per heavy atom. The van der Waals surface area contributed by atoms with Gasteiger partial charge in [-0.15, -0.1) is 10.2 Å². The smallest absolute Gasteiger partial charge is 0.356 e. The summed E-state index contributed by atoms with van der Waals surface area (Å²) in [5, 5.41) is 18.9. The van der Waals surface area contributed by atoms with Crippen LogP contribution in [0.4, 0.5) is 11.5 Å². The van der Waals surface area contributed by atoms with Crippen LogP contribution in [0.1, 0.15) is 20.8 Å². The first kappa shape index (κ1) is 13.5. The molecule has 0 saturated heterocycles. The van der Waals surface area contributed by atoms with Gasteiger partial charge in [0.05, 0.1) is 12.7 Å². The number of hydrogen-bond donors (Lipinski definition) is 2. The number of rotatable bonds is 4. The fourth-order valence-electron chi connectivity index (χ4n) is 1.50. The quantitative estimate of drug-likeness (QED) is 0.817. The van der Waals surface area contributed by atoms with Crippen LogP contribution in [-0.2, 0) is 4.74 Å². The Labute approximate surface area is 114 Å². The molecular formula is C13H11N3O4. The van der Waals surface area contributed by atoms with E-state index in [1.54, 1.807) is 24.3 Å². The molecule has 7 nitrogen and oxygen atoms in total. The molecule has 0 aliphatic carbocycles. The standard InChI is InChI=1S/C13H11N3O4/c1-20-13(19)8-3-2-4-9(7-8)14-11-6-5-10(12(17)18)15-16-11/h2-7H,1H3,(H,14,16)(H,17,18). The summed E-state index contributed by atoms with van der Waals surface area (Å²) in [6, 6.07) is 9.46. The molecule has 1 aromatic heterocycles. The molecule has 0 aliphatic rings. The molecule has 0 fully saturated rings. The molecule has 1 heterocycles. The molecule has 0 saturated carbocycles. The van der Waals surface area contributed by atoms with Crippen molar-refractivity contribution in [1.82, 2.24) is 10.2 Å². The number of esters is 1. The highest BCUT2D eigenvalue weighted by Crippen LogP contribution is 2.16. The van der Waals surface area contributed by atoms with Gasteiger partial charge in [-0.05, 0) is 30.3 Å². The van der Waals surface area contributed by atoms with E-state index in [1.807, 2.05) is 0 Å². The molecule has 0 radical (unpaired) electrons. The van der Waals surface area contributed by atoms with Crippen molar-refractivity contribution in [3.63, 3.8) is 0 Å². The Morgan fingerprint density at radius 1 is 1.20 bits per heavy atom. The van der Waals surface area contributed by atoms with Crippen LogP contribution in [0.15, 0.2) is 36.4 Å². The van der Waals surface area contributed by atoms with Gasteiger partial charge in [0.15, 0.2) is 11.5 Å². The summed E-state index contributed by atoms with van der Waals surface area (Å²) in [5.41, 5.74) is 0.872. The molecule has 0 aliphatic heterocycles. The van der Waals surface area contributed by atoms with Crippen LogP contribution in [0.3, 0.4) is 0 Å². The maximum Gasteiger partial charge on any atom is 0.356 e. The fourth-order valence-corrected chi connectivity index (χ4v) is 1.50. The van der Waals surface area contributed by atoms with Gasteiger partial charge in [-0.1, -0.05) is 6.07 Å². The highest BCUT2D eigenvalue weighted by Gasteiger charge is 2.07. The van der Waals surface area contributed by atoms with Gasteiger partial charge in [-0.3, -0.25) is 0 Å². The summed E-state index contributed by atoms with van der Waals surface area (Å²) in [7, 11) is 1.30. The second-order valence-electron chi connectivity index (χ2n) is 3.81. The van der Waals surface area contributed by atoms with Crippen LogP contribution in [0.25, 0.3) is 0 Å². The maximum atomic E-state index is 11.4. The SMILES string of the molecule is COC(=O)c1cccc(Nc2ccc(C(=O)O)nn2)c1. The van der Waals surface area contributed by atoms with Crippen LogP contribution in [0, 0.1) is 0 Å². The molecule has 2 aromatic rings. The average molecular weight is 273 g/mol. The van der Waals surface area contributed by atoms with Gasteiger partial charge in [0.1, 0.15) is 0 Å². The van der Waals surface area contributed by atoms with Crippen LogP contribution in [0.5, 0.6) is 0 Å². The number of carboxylic acid groups (broad SMARTS) is 1. The summed E-state index contributed by atoms with van der Waals surface area (Å²) in [6.45, 7) is 0. The lowest BCUT2D eigenvalue weighted by molar-refractivity contribution is 0.0599. The first-order valence-electron chi connectivity index (χ1n) is 5.62. The second kappa shape index (κ2) is 5.79. The van der Waals surface area contributed by atoms with Gasteiger partial charge in [-0.25, -0.2) is 9.59 Å². The topological polar surface area (TPSA) is 101 Å². The normalized spacial score (nSPS) is 9.85. The lowest BCUT2D eigenvalue weighted by Gasteiger charge is -2.06. The number of ether oxygens (including phenoxy) is 1. The number of carbonyl (C=O) groups is 2. The highest BCUT2D eigenvalue weighted by atomic mass is 16.5. The summed E-state index contributed by atoms with van der Waals surface area (Å²) in [6.07, 6.45) is 0. The molecule has 2 N–H and O–H groups in total. The fraction of sp³-hybridized carbons (Fsp3) is 0.0769. The Bertz CT molecular complexity index is 640. The van der Waals surface area contributed by atoms with E-state index in [0.717, 1.165) is 0 Å². The van der Waals surface area contributed by atoms with E-state index in [2.05, 4.69) is 20.3 Å². The number of carboxylic acids is 1. The summed E-state index contributed by atoms with van der Waals surface area (Å²) in [4.78, 5) is 22.0. The van der Waals surface area contributed by atoms with Gasteiger partial charge < -0.3 is 15.2 Å². The number of anilines is 2. The molecule has 20 heavy (non-hydrogen) atoms. The molecule has 2 rings (SSSR count). The molecule has 102 valence electrons. The van der Waals surface area contributed by atoms with Crippen molar-refractivity contribution < 1.29 is 19.4 Å². The molecule has 0 spiro atoms. The van der Waals surface area contributed by atoms with Gasteiger partial charge in [0.25, 0.3) is 0 Å². The molecule has 7 heteroatoms. The van der Waals surface area contributed by atoms with Crippen LogP contribution in [-0.4, -0.2) is 34.4 Å². The van der Waals surface area contributed by atoms with Crippen molar-refractivity contribution in [3.8, 4) is 0 Å². The van der Waals surface area contributed by atoms with E-state index in [0.29, 0.717) is 17.1 Å². The highest BCUT2D eigenvalue weighted by molar-refractivity contribution is 5.90. The van der Waals surface area contributed by atoms with Crippen molar-refractivity contribution in [2.24, 2.45) is 0 Å². The van der Waals surface area contributed by atoms with Gasteiger partial charge in [0, 0.05) is 5.69 Å². The zero-order valence-electron chi connectivity index (χ0n) is 10.5. The number of nitrogens with one attached hydrogen (secondary N) is 1. The molecule has 1 aromatic carbocycles. The predicted octanol–water partition coefficient (Wildman–Crippen LogP) is 1.70. The van der Waals surface area contributed by atoms with E-state index in [1.165, 1.54) is 19.2 Å². The molecular weight excluding hydrogens is 262 g/mol. The lowest BCUT2D eigenvalue weighted by Crippen LogP contribution is -2.04. The van der Waals surface area contributed by atoms with Crippen molar-refractivity contribution >= 4 is 23.4 Å². The monoisotopic (exact) mass is 273 g/mol. The molecule has 0 unspecified atom stereocenters. The Kier molecular flexibility index (Phi) is 3.90. The average Bonchev–Trinajstić information content (AvgIpc) is 2.47. The first-order chi connectivity index (χ1) is 9.60. The van der Waals surface area contributed by atoms with Crippen molar-refractivity contribution in [3.05, 3.63) is 47.7 Å². The van der Waals surface area contributed by atoms with Crippen LogP contribution in [0.2, 0.25) is 0 Å². The minimum atomic E-state index is -1.14. The van der Waals surface area contributed by atoms with E-state index >= 15 is 0 Å². The van der Waals surface area contributed by atoms with Crippen LogP contribution >= 0.6 is 0 Å². The summed E-state index contributed by atoms with van der Waals surface area (Å²) < 4.78 is 4.62. The third-order valence-corrected chi connectivity index (χ3v) is 2.44. The maximum absolute atomic E-state index is 11.4. The minimum Gasteiger partial charge on any atom is -0.476 e. The van der Waals surface area contributed by atoms with E-state index in [4.69, 9.17) is 5.11 Å². The largest absolute Gasteiger partial charge is 0.476 e. The van der Waals surface area contributed by atoms with Gasteiger partial charge in [-0.2, -0.15) is 0 Å². The second-order valence-corrected chi connectivity index (χ2v) is 3.81. The number of methoxy groups -OCH3 is 1. The van der Waals surface area contributed by atoms with Crippen molar-refractivity contribution in [1.29, 1.82) is 0 Å². The zero-order chi connectivity index (χ0) is 14.5. The van der Waals surface area contributed by atoms with Crippen molar-refractivity contribution in [2.75, 3.05) is 12.4 Å². The lowest BCUT2D eigenvalue weighted by atomic mass is 10.2. The Morgan fingerprint density at radius 3 is 2.60 bits per heavy atom. The third kappa shape index (κ3) is 3.08. The number of benzene rings is 1. The molecule has 0 bridgehead atoms. The van der Waals surface area contributed by atoms with Gasteiger partial charge in [0.2, 0.25) is 0 Å². The van der Waals surface area contributed by atoms with Gasteiger partial charge >= 0.3 is 11.9 Å². The number of hydrogen-bond acceptors (Lipinski definition) is 6. The van der Waals surface area contributed by atoms with Crippen LogP contribution < -0.4 is 5.32 Å². The summed E-state index contributed by atoms with van der Waals surface area (Å²) >= 11 is 0. The number of carbonyl (C=O) groups excluding carboxylic acids is 1.